The Hall–Kier alpha value is -0.990. The van der Waals surface area contributed by atoms with E-state index in [9.17, 15) is 4.79 Å². The van der Waals surface area contributed by atoms with Gasteiger partial charge in [-0.1, -0.05) is 27.3 Å². The van der Waals surface area contributed by atoms with Crippen LogP contribution in [0.4, 0.5) is 10.8 Å². The summed E-state index contributed by atoms with van der Waals surface area (Å²) in [5.41, 5.74) is 0.680. The van der Waals surface area contributed by atoms with Crippen molar-refractivity contribution in [2.45, 2.75) is 6.92 Å². The van der Waals surface area contributed by atoms with Gasteiger partial charge in [0.2, 0.25) is 10.1 Å². The van der Waals surface area contributed by atoms with Crippen molar-refractivity contribution >= 4 is 59.9 Å². The van der Waals surface area contributed by atoms with E-state index < -0.39 is 0 Å². The fraction of sp³-hybridized carbons (Fsp3) is 0.182. The number of benzene rings is 1. The van der Waals surface area contributed by atoms with Crippen LogP contribution in [0.25, 0.3) is 0 Å². The first kappa shape index (κ1) is 14.4. The molecule has 8 heteroatoms. The average molecular weight is 406 g/mol. The molecule has 100 valence electrons. The van der Waals surface area contributed by atoms with E-state index in [1.165, 1.54) is 11.3 Å². The molecular formula is C11H10Br2N4OS. The molecule has 0 aliphatic heterocycles. The fourth-order valence-electron chi connectivity index (χ4n) is 1.31. The number of anilines is 2. The van der Waals surface area contributed by atoms with Gasteiger partial charge in [-0.2, -0.15) is 0 Å². The number of rotatable bonds is 4. The van der Waals surface area contributed by atoms with E-state index in [1.54, 1.807) is 0 Å². The highest BCUT2D eigenvalue weighted by molar-refractivity contribution is 9.11. The molecule has 0 unspecified atom stereocenters. The van der Waals surface area contributed by atoms with Crippen LogP contribution in [0.2, 0.25) is 0 Å². The molecule has 2 N–H and O–H groups in total. The monoisotopic (exact) mass is 404 g/mol. The minimum Gasteiger partial charge on any atom is -0.360 e. The lowest BCUT2D eigenvalue weighted by molar-refractivity contribution is 0.102. The predicted molar refractivity (Wildman–Crippen MR) is 83.9 cm³/mol. The second-order valence-electron chi connectivity index (χ2n) is 3.52. The Balaban J connectivity index is 2.13. The summed E-state index contributed by atoms with van der Waals surface area (Å²) < 4.78 is 1.69. The van der Waals surface area contributed by atoms with Crippen LogP contribution >= 0.6 is 43.2 Å². The lowest BCUT2D eigenvalue weighted by atomic mass is 10.3. The van der Waals surface area contributed by atoms with Crippen molar-refractivity contribution in [2.24, 2.45) is 0 Å². The Labute approximate surface area is 131 Å². The highest BCUT2D eigenvalue weighted by Crippen LogP contribution is 2.27. The molecule has 2 aromatic rings. The summed E-state index contributed by atoms with van der Waals surface area (Å²) in [6.45, 7) is 2.70. The predicted octanol–water partition coefficient (Wildman–Crippen LogP) is 3.75. The van der Waals surface area contributed by atoms with Crippen molar-refractivity contribution in [3.8, 4) is 0 Å². The van der Waals surface area contributed by atoms with E-state index in [4.69, 9.17) is 0 Å². The number of nitrogens with zero attached hydrogens (tertiary/aromatic N) is 2. The van der Waals surface area contributed by atoms with Crippen LogP contribution in [0.3, 0.4) is 0 Å². The Morgan fingerprint density at radius 1 is 1.37 bits per heavy atom. The summed E-state index contributed by atoms with van der Waals surface area (Å²) in [5.74, 6) is -0.277. The fourth-order valence-corrected chi connectivity index (χ4v) is 2.72. The standard InChI is InChI=1S/C11H10Br2N4OS/c1-2-14-11-17-16-10(19-11)9(18)15-8-5-6(12)3-4-7(8)13/h3-5H,2H2,1H3,(H,14,17)(H,15,18). The maximum absolute atomic E-state index is 12.0. The van der Waals surface area contributed by atoms with Gasteiger partial charge >= 0.3 is 0 Å². The van der Waals surface area contributed by atoms with Crippen LogP contribution in [0.1, 0.15) is 16.7 Å². The molecule has 19 heavy (non-hydrogen) atoms. The molecule has 0 saturated carbocycles. The summed E-state index contributed by atoms with van der Waals surface area (Å²) in [6.07, 6.45) is 0. The molecule has 1 amide bonds. The summed E-state index contributed by atoms with van der Waals surface area (Å²) >= 11 is 7.96. The average Bonchev–Trinajstić information content (AvgIpc) is 2.83. The number of nitrogens with one attached hydrogen (secondary N) is 2. The van der Waals surface area contributed by atoms with Gasteiger partial charge in [-0.05, 0) is 41.1 Å². The van der Waals surface area contributed by atoms with Crippen LogP contribution in [0, 0.1) is 0 Å². The van der Waals surface area contributed by atoms with Crippen LogP contribution in [-0.2, 0) is 0 Å². The largest absolute Gasteiger partial charge is 0.360 e. The first-order valence-corrected chi connectivity index (χ1v) is 7.84. The van der Waals surface area contributed by atoms with Crippen LogP contribution in [-0.4, -0.2) is 22.6 Å². The number of amides is 1. The van der Waals surface area contributed by atoms with E-state index >= 15 is 0 Å². The molecule has 0 fully saturated rings. The van der Waals surface area contributed by atoms with E-state index in [0.29, 0.717) is 15.8 Å². The van der Waals surface area contributed by atoms with Crippen molar-refractivity contribution in [3.63, 3.8) is 0 Å². The van der Waals surface area contributed by atoms with Crippen molar-refractivity contribution in [3.05, 3.63) is 32.2 Å². The summed E-state index contributed by atoms with van der Waals surface area (Å²) in [4.78, 5) is 12.0. The molecule has 2 rings (SSSR count). The molecule has 0 aliphatic rings. The SMILES string of the molecule is CCNc1nnc(C(=O)Nc2cc(Br)ccc2Br)s1. The smallest absolute Gasteiger partial charge is 0.286 e. The van der Waals surface area contributed by atoms with Crippen LogP contribution < -0.4 is 10.6 Å². The van der Waals surface area contributed by atoms with Crippen molar-refractivity contribution < 1.29 is 4.79 Å². The maximum Gasteiger partial charge on any atom is 0.286 e. The van der Waals surface area contributed by atoms with E-state index in [-0.39, 0.29) is 5.91 Å². The second kappa shape index (κ2) is 6.44. The van der Waals surface area contributed by atoms with E-state index in [0.717, 1.165) is 15.5 Å². The number of aromatic nitrogens is 2. The summed E-state index contributed by atoms with van der Waals surface area (Å²) in [7, 11) is 0. The van der Waals surface area contributed by atoms with Crippen molar-refractivity contribution in [2.75, 3.05) is 17.2 Å². The molecule has 1 aromatic carbocycles. The minimum absolute atomic E-state index is 0.277. The Morgan fingerprint density at radius 2 is 2.16 bits per heavy atom. The highest BCUT2D eigenvalue weighted by Gasteiger charge is 2.14. The Morgan fingerprint density at radius 3 is 2.89 bits per heavy atom. The number of carbonyl (C=O) groups excluding carboxylic acids is 1. The third-order valence-electron chi connectivity index (χ3n) is 2.12. The topological polar surface area (TPSA) is 66.9 Å². The van der Waals surface area contributed by atoms with Gasteiger partial charge in [0.1, 0.15) is 0 Å². The molecule has 0 spiro atoms. The van der Waals surface area contributed by atoms with Gasteiger partial charge in [0.25, 0.3) is 5.91 Å². The third kappa shape index (κ3) is 3.74. The number of carbonyl (C=O) groups is 1. The first-order chi connectivity index (χ1) is 9.10. The Bertz CT molecular complexity index is 602. The third-order valence-corrected chi connectivity index (χ3v) is 4.19. The van der Waals surface area contributed by atoms with Crippen molar-refractivity contribution in [1.82, 2.24) is 10.2 Å². The quantitative estimate of drug-likeness (QED) is 0.812. The van der Waals surface area contributed by atoms with Gasteiger partial charge in [-0.25, -0.2) is 0 Å². The summed E-state index contributed by atoms with van der Waals surface area (Å²) in [5, 5.41) is 14.5. The van der Waals surface area contributed by atoms with Gasteiger partial charge in [0.05, 0.1) is 5.69 Å². The molecule has 1 aromatic heterocycles. The lowest BCUT2D eigenvalue weighted by Gasteiger charge is -2.05. The van der Waals surface area contributed by atoms with Crippen molar-refractivity contribution in [1.29, 1.82) is 0 Å². The molecule has 0 aliphatic carbocycles. The van der Waals surface area contributed by atoms with Gasteiger partial charge in [0.15, 0.2) is 0 Å². The van der Waals surface area contributed by atoms with E-state index in [2.05, 4.69) is 52.7 Å². The summed E-state index contributed by atoms with van der Waals surface area (Å²) in [6, 6.07) is 5.55. The minimum atomic E-state index is -0.277. The first-order valence-electron chi connectivity index (χ1n) is 5.44. The number of hydrogen-bond acceptors (Lipinski definition) is 5. The Kier molecular flexibility index (Phi) is 4.89. The van der Waals surface area contributed by atoms with Gasteiger partial charge in [-0.15, -0.1) is 10.2 Å². The van der Waals surface area contributed by atoms with Crippen LogP contribution in [0.5, 0.6) is 0 Å². The number of hydrogen-bond donors (Lipinski definition) is 2. The molecular weight excluding hydrogens is 396 g/mol. The zero-order chi connectivity index (χ0) is 13.8. The van der Waals surface area contributed by atoms with E-state index in [1.807, 2.05) is 25.1 Å². The highest BCUT2D eigenvalue weighted by atomic mass is 79.9. The molecule has 5 nitrogen and oxygen atoms in total. The van der Waals surface area contributed by atoms with Gasteiger partial charge in [0, 0.05) is 15.5 Å². The molecule has 0 atom stereocenters. The van der Waals surface area contributed by atoms with Gasteiger partial charge < -0.3 is 10.6 Å². The molecule has 1 heterocycles. The van der Waals surface area contributed by atoms with Gasteiger partial charge in [-0.3, -0.25) is 4.79 Å². The maximum atomic E-state index is 12.0. The normalized spacial score (nSPS) is 10.3. The zero-order valence-corrected chi connectivity index (χ0v) is 13.9. The molecule has 0 radical (unpaired) electrons. The van der Waals surface area contributed by atoms with Crippen LogP contribution in [0.15, 0.2) is 27.1 Å². The second-order valence-corrected chi connectivity index (χ2v) is 6.27. The lowest BCUT2D eigenvalue weighted by Crippen LogP contribution is -2.12. The molecule has 0 bridgehead atoms. The molecule has 0 saturated heterocycles. The number of halogens is 2. The zero-order valence-electron chi connectivity index (χ0n) is 9.91.